The fraction of sp³-hybridized carbons (Fsp3) is 0.571. The van der Waals surface area contributed by atoms with Crippen LogP contribution in [0.15, 0.2) is 12.1 Å². The standard InChI is InChI=1S/C14H20ClNO/c1-8-6-11(12(15)7-9(8)2)14(16)13-5-4-10(3)17-13/h6-7,10,13-14H,4-5,16H2,1-3H3. The quantitative estimate of drug-likeness (QED) is 0.875. The summed E-state index contributed by atoms with van der Waals surface area (Å²) >= 11 is 6.28. The van der Waals surface area contributed by atoms with Crippen molar-refractivity contribution in [2.24, 2.45) is 5.73 Å². The molecule has 0 bridgehead atoms. The second-order valence-electron chi connectivity index (χ2n) is 5.05. The maximum absolute atomic E-state index is 6.28. The molecule has 1 heterocycles. The van der Waals surface area contributed by atoms with Gasteiger partial charge in [-0.15, -0.1) is 0 Å². The molecule has 94 valence electrons. The van der Waals surface area contributed by atoms with Crippen molar-refractivity contribution in [3.8, 4) is 0 Å². The van der Waals surface area contributed by atoms with Gasteiger partial charge in [-0.25, -0.2) is 0 Å². The number of aryl methyl sites for hydroxylation is 2. The summed E-state index contributed by atoms with van der Waals surface area (Å²) < 4.78 is 5.82. The highest BCUT2D eigenvalue weighted by Crippen LogP contribution is 2.33. The second kappa shape index (κ2) is 4.97. The van der Waals surface area contributed by atoms with Gasteiger partial charge in [0.25, 0.3) is 0 Å². The van der Waals surface area contributed by atoms with E-state index in [0.717, 1.165) is 23.4 Å². The SMILES string of the molecule is Cc1cc(Cl)c(C(N)C2CCC(C)O2)cc1C. The summed E-state index contributed by atoms with van der Waals surface area (Å²) in [7, 11) is 0. The van der Waals surface area contributed by atoms with Crippen LogP contribution in [-0.4, -0.2) is 12.2 Å². The van der Waals surface area contributed by atoms with E-state index in [1.807, 2.05) is 6.07 Å². The van der Waals surface area contributed by atoms with E-state index in [-0.39, 0.29) is 12.1 Å². The lowest BCUT2D eigenvalue weighted by atomic mass is 9.96. The van der Waals surface area contributed by atoms with Gasteiger partial charge in [0.2, 0.25) is 0 Å². The molecule has 1 aliphatic heterocycles. The minimum Gasteiger partial charge on any atom is -0.373 e. The third-order valence-electron chi connectivity index (χ3n) is 3.64. The van der Waals surface area contributed by atoms with Crippen molar-refractivity contribution < 1.29 is 4.74 Å². The third-order valence-corrected chi connectivity index (χ3v) is 3.96. The van der Waals surface area contributed by atoms with Gasteiger partial charge in [-0.2, -0.15) is 0 Å². The first-order chi connectivity index (χ1) is 7.99. The van der Waals surface area contributed by atoms with E-state index in [1.54, 1.807) is 0 Å². The summed E-state index contributed by atoms with van der Waals surface area (Å²) in [6.45, 7) is 6.24. The lowest BCUT2D eigenvalue weighted by Gasteiger charge is -2.22. The number of rotatable bonds is 2. The molecule has 3 atom stereocenters. The van der Waals surface area contributed by atoms with Crippen LogP contribution in [0.25, 0.3) is 0 Å². The highest BCUT2D eigenvalue weighted by Gasteiger charge is 2.29. The average molecular weight is 254 g/mol. The number of halogens is 1. The van der Waals surface area contributed by atoms with E-state index in [1.165, 1.54) is 11.1 Å². The molecule has 1 aliphatic rings. The Balaban J connectivity index is 2.24. The van der Waals surface area contributed by atoms with Gasteiger partial charge in [0, 0.05) is 5.02 Å². The number of benzene rings is 1. The van der Waals surface area contributed by atoms with Gasteiger partial charge in [0.05, 0.1) is 18.2 Å². The van der Waals surface area contributed by atoms with Crippen LogP contribution in [-0.2, 0) is 4.74 Å². The molecule has 1 fully saturated rings. The van der Waals surface area contributed by atoms with Crippen LogP contribution >= 0.6 is 11.6 Å². The predicted octanol–water partition coefficient (Wildman–Crippen LogP) is 3.52. The maximum atomic E-state index is 6.28. The molecule has 0 amide bonds. The Morgan fingerprint density at radius 3 is 2.53 bits per heavy atom. The first kappa shape index (κ1) is 12.9. The molecular formula is C14H20ClNO. The monoisotopic (exact) mass is 253 g/mol. The lowest BCUT2D eigenvalue weighted by molar-refractivity contribution is 0.0401. The minimum atomic E-state index is -0.119. The molecular weight excluding hydrogens is 234 g/mol. The molecule has 2 nitrogen and oxygen atoms in total. The van der Waals surface area contributed by atoms with E-state index >= 15 is 0 Å². The van der Waals surface area contributed by atoms with Crippen LogP contribution in [0.2, 0.25) is 5.02 Å². The summed E-state index contributed by atoms with van der Waals surface area (Å²) in [5, 5.41) is 0.753. The van der Waals surface area contributed by atoms with E-state index < -0.39 is 0 Å². The molecule has 2 rings (SSSR count). The van der Waals surface area contributed by atoms with Crippen molar-refractivity contribution >= 4 is 11.6 Å². The van der Waals surface area contributed by atoms with Crippen LogP contribution in [0.3, 0.4) is 0 Å². The molecule has 1 aromatic carbocycles. The normalized spacial score (nSPS) is 26.2. The van der Waals surface area contributed by atoms with Gasteiger partial charge in [-0.05, 0) is 56.4 Å². The Bertz CT molecular complexity index is 419. The van der Waals surface area contributed by atoms with Crippen molar-refractivity contribution in [3.63, 3.8) is 0 Å². The second-order valence-corrected chi connectivity index (χ2v) is 5.45. The fourth-order valence-corrected chi connectivity index (χ4v) is 2.70. The van der Waals surface area contributed by atoms with Gasteiger partial charge >= 0.3 is 0 Å². The molecule has 0 spiro atoms. The van der Waals surface area contributed by atoms with E-state index in [0.29, 0.717) is 6.10 Å². The van der Waals surface area contributed by atoms with E-state index in [4.69, 9.17) is 22.1 Å². The zero-order valence-electron chi connectivity index (χ0n) is 10.7. The molecule has 0 aromatic heterocycles. The van der Waals surface area contributed by atoms with Gasteiger partial charge in [0.1, 0.15) is 0 Å². The zero-order valence-corrected chi connectivity index (χ0v) is 11.4. The lowest BCUT2D eigenvalue weighted by Crippen LogP contribution is -2.26. The summed E-state index contributed by atoms with van der Waals surface area (Å²) in [5.74, 6) is 0. The Morgan fingerprint density at radius 2 is 1.94 bits per heavy atom. The van der Waals surface area contributed by atoms with Crippen molar-refractivity contribution in [1.82, 2.24) is 0 Å². The molecule has 3 unspecified atom stereocenters. The van der Waals surface area contributed by atoms with Gasteiger partial charge in [0.15, 0.2) is 0 Å². The molecule has 0 saturated carbocycles. The predicted molar refractivity (Wildman–Crippen MR) is 71.4 cm³/mol. The number of hydrogen-bond donors (Lipinski definition) is 1. The number of hydrogen-bond acceptors (Lipinski definition) is 2. The average Bonchev–Trinajstić information content (AvgIpc) is 2.69. The molecule has 0 aliphatic carbocycles. The summed E-state index contributed by atoms with van der Waals surface area (Å²) in [5.41, 5.74) is 9.71. The highest BCUT2D eigenvalue weighted by atomic mass is 35.5. The Hall–Kier alpha value is -0.570. The zero-order chi connectivity index (χ0) is 12.6. The first-order valence-electron chi connectivity index (χ1n) is 6.16. The van der Waals surface area contributed by atoms with Gasteiger partial charge in [-0.3, -0.25) is 0 Å². The molecule has 17 heavy (non-hydrogen) atoms. The van der Waals surface area contributed by atoms with Crippen molar-refractivity contribution in [2.75, 3.05) is 0 Å². The highest BCUT2D eigenvalue weighted by molar-refractivity contribution is 6.31. The molecule has 3 heteroatoms. The van der Waals surface area contributed by atoms with Gasteiger partial charge in [-0.1, -0.05) is 17.7 Å². The minimum absolute atomic E-state index is 0.101. The largest absolute Gasteiger partial charge is 0.373 e. The molecule has 2 N–H and O–H groups in total. The van der Waals surface area contributed by atoms with Crippen LogP contribution in [0.5, 0.6) is 0 Å². The van der Waals surface area contributed by atoms with Crippen molar-refractivity contribution in [1.29, 1.82) is 0 Å². The Labute approximate surface area is 108 Å². The van der Waals surface area contributed by atoms with E-state index in [2.05, 4.69) is 26.8 Å². The first-order valence-corrected chi connectivity index (χ1v) is 6.54. The number of nitrogens with two attached hydrogens (primary N) is 1. The topological polar surface area (TPSA) is 35.2 Å². The molecule has 0 radical (unpaired) electrons. The van der Waals surface area contributed by atoms with Crippen LogP contribution in [0.1, 0.15) is 42.5 Å². The summed E-state index contributed by atoms with van der Waals surface area (Å²) in [6.07, 6.45) is 2.52. The third kappa shape index (κ3) is 2.65. The smallest absolute Gasteiger partial charge is 0.0772 e. The molecule has 1 saturated heterocycles. The van der Waals surface area contributed by atoms with Crippen molar-refractivity contribution in [2.45, 2.75) is 51.9 Å². The van der Waals surface area contributed by atoms with E-state index in [9.17, 15) is 0 Å². The fourth-order valence-electron chi connectivity index (χ4n) is 2.36. The molecule has 1 aromatic rings. The maximum Gasteiger partial charge on any atom is 0.0772 e. The Kier molecular flexibility index (Phi) is 3.76. The van der Waals surface area contributed by atoms with Crippen LogP contribution in [0.4, 0.5) is 0 Å². The van der Waals surface area contributed by atoms with Crippen LogP contribution in [0, 0.1) is 13.8 Å². The Morgan fingerprint density at radius 1 is 1.29 bits per heavy atom. The van der Waals surface area contributed by atoms with Crippen molar-refractivity contribution in [3.05, 3.63) is 33.8 Å². The van der Waals surface area contributed by atoms with Crippen LogP contribution < -0.4 is 5.73 Å². The van der Waals surface area contributed by atoms with Gasteiger partial charge < -0.3 is 10.5 Å². The number of ether oxygens (including phenoxy) is 1. The summed E-state index contributed by atoms with van der Waals surface area (Å²) in [6, 6.07) is 3.96. The summed E-state index contributed by atoms with van der Waals surface area (Å²) in [4.78, 5) is 0.